The van der Waals surface area contributed by atoms with Crippen molar-refractivity contribution >= 4 is 11.6 Å². The number of likely N-dealkylation sites (N-methyl/N-ethyl adjacent to an activating group) is 1. The fourth-order valence-corrected chi connectivity index (χ4v) is 2.66. The molecule has 1 amide bonds. The van der Waals surface area contributed by atoms with Gasteiger partial charge in [-0.2, -0.15) is 0 Å². The first kappa shape index (κ1) is 13.8. The van der Waals surface area contributed by atoms with Gasteiger partial charge in [-0.1, -0.05) is 12.1 Å². The summed E-state index contributed by atoms with van der Waals surface area (Å²) in [5.41, 5.74) is 6.53. The van der Waals surface area contributed by atoms with Crippen molar-refractivity contribution in [3.63, 3.8) is 0 Å². The lowest BCUT2D eigenvalue weighted by Gasteiger charge is -2.42. The first-order valence-electron chi connectivity index (χ1n) is 6.46. The normalized spacial score (nSPS) is 24.6. The lowest BCUT2D eigenvalue weighted by molar-refractivity contribution is -0.125. The predicted molar refractivity (Wildman–Crippen MR) is 75.4 cm³/mol. The highest BCUT2D eigenvalue weighted by Gasteiger charge is 2.37. The number of piperazine rings is 1. The monoisotopic (exact) mass is 263 g/mol. The van der Waals surface area contributed by atoms with E-state index in [4.69, 9.17) is 10.5 Å². The Morgan fingerprint density at radius 1 is 1.42 bits per heavy atom. The number of para-hydroxylation sites is 2. The Hall–Kier alpha value is -1.59. The van der Waals surface area contributed by atoms with Crippen molar-refractivity contribution in [1.29, 1.82) is 0 Å². The number of methoxy groups -OCH3 is 1. The third kappa shape index (κ3) is 2.43. The number of ether oxygens (including phenoxy) is 1. The Kier molecular flexibility index (Phi) is 4.07. The number of amides is 1. The van der Waals surface area contributed by atoms with Gasteiger partial charge in [0.1, 0.15) is 11.8 Å². The maximum atomic E-state index is 12.6. The maximum absolute atomic E-state index is 12.6. The molecule has 1 heterocycles. The lowest BCUT2D eigenvalue weighted by atomic mass is 10.1. The van der Waals surface area contributed by atoms with Crippen LogP contribution in [0.4, 0.5) is 5.69 Å². The molecule has 1 fully saturated rings. The van der Waals surface area contributed by atoms with Crippen molar-refractivity contribution in [2.45, 2.75) is 19.0 Å². The average Bonchev–Trinajstić information content (AvgIpc) is 2.39. The summed E-state index contributed by atoms with van der Waals surface area (Å²) in [5, 5.41) is 0. The van der Waals surface area contributed by atoms with Gasteiger partial charge in [0.05, 0.1) is 12.8 Å². The molecule has 1 aliphatic rings. The van der Waals surface area contributed by atoms with Gasteiger partial charge in [-0.05, 0) is 26.1 Å². The molecule has 1 saturated heterocycles. The molecule has 2 rings (SSSR count). The fourth-order valence-electron chi connectivity index (χ4n) is 2.66. The van der Waals surface area contributed by atoms with E-state index < -0.39 is 0 Å². The zero-order valence-corrected chi connectivity index (χ0v) is 11.7. The first-order chi connectivity index (χ1) is 9.10. The summed E-state index contributed by atoms with van der Waals surface area (Å²) in [6.07, 6.45) is 0. The molecule has 0 aliphatic carbocycles. The Labute approximate surface area is 113 Å². The minimum absolute atomic E-state index is 0.0354. The second-order valence-corrected chi connectivity index (χ2v) is 4.92. The number of benzene rings is 1. The second kappa shape index (κ2) is 5.59. The van der Waals surface area contributed by atoms with Crippen LogP contribution in [0.2, 0.25) is 0 Å². The minimum Gasteiger partial charge on any atom is -0.495 e. The van der Waals surface area contributed by atoms with Crippen molar-refractivity contribution in [2.24, 2.45) is 5.73 Å². The Morgan fingerprint density at radius 3 is 2.74 bits per heavy atom. The number of hydrogen-bond acceptors (Lipinski definition) is 4. The summed E-state index contributed by atoms with van der Waals surface area (Å²) < 4.78 is 5.35. The molecule has 0 spiro atoms. The SMILES string of the molecule is COc1ccccc1N1C(=O)C(CN)N(C)CC1C. The van der Waals surface area contributed by atoms with Crippen LogP contribution in [0.5, 0.6) is 5.75 Å². The van der Waals surface area contributed by atoms with Gasteiger partial charge >= 0.3 is 0 Å². The molecule has 19 heavy (non-hydrogen) atoms. The van der Waals surface area contributed by atoms with Crippen molar-refractivity contribution in [3.8, 4) is 5.75 Å². The highest BCUT2D eigenvalue weighted by atomic mass is 16.5. The largest absolute Gasteiger partial charge is 0.495 e. The van der Waals surface area contributed by atoms with E-state index in [-0.39, 0.29) is 18.0 Å². The predicted octanol–water partition coefficient (Wildman–Crippen LogP) is 0.689. The van der Waals surface area contributed by atoms with E-state index in [9.17, 15) is 4.79 Å². The smallest absolute Gasteiger partial charge is 0.246 e. The Morgan fingerprint density at radius 2 is 2.11 bits per heavy atom. The van der Waals surface area contributed by atoms with Crippen LogP contribution in [0.15, 0.2) is 24.3 Å². The molecule has 0 aromatic heterocycles. The van der Waals surface area contributed by atoms with Gasteiger partial charge in [-0.3, -0.25) is 9.69 Å². The van der Waals surface area contributed by atoms with Crippen LogP contribution in [0.25, 0.3) is 0 Å². The van der Waals surface area contributed by atoms with E-state index in [2.05, 4.69) is 0 Å². The van der Waals surface area contributed by atoms with E-state index in [1.54, 1.807) is 12.0 Å². The number of rotatable bonds is 3. The van der Waals surface area contributed by atoms with Crippen molar-refractivity contribution in [2.75, 3.05) is 32.1 Å². The van der Waals surface area contributed by atoms with Gasteiger partial charge in [0.2, 0.25) is 5.91 Å². The highest BCUT2D eigenvalue weighted by molar-refractivity contribution is 5.99. The molecule has 5 nitrogen and oxygen atoms in total. The topological polar surface area (TPSA) is 58.8 Å². The zero-order chi connectivity index (χ0) is 14.0. The van der Waals surface area contributed by atoms with E-state index in [1.165, 1.54) is 0 Å². The van der Waals surface area contributed by atoms with E-state index in [0.717, 1.165) is 12.2 Å². The van der Waals surface area contributed by atoms with Crippen LogP contribution in [0.1, 0.15) is 6.92 Å². The highest BCUT2D eigenvalue weighted by Crippen LogP contribution is 2.31. The van der Waals surface area contributed by atoms with Gasteiger partial charge in [-0.25, -0.2) is 0 Å². The molecule has 0 bridgehead atoms. The van der Waals surface area contributed by atoms with E-state index in [1.807, 2.05) is 43.1 Å². The standard InChI is InChI=1S/C14H21N3O2/c1-10-9-16(2)12(8-15)14(18)17(10)11-6-4-5-7-13(11)19-3/h4-7,10,12H,8-9,15H2,1-3H3. The van der Waals surface area contributed by atoms with E-state index in [0.29, 0.717) is 12.3 Å². The van der Waals surface area contributed by atoms with Gasteiger partial charge in [-0.15, -0.1) is 0 Å². The Balaban J connectivity index is 2.39. The third-order valence-electron chi connectivity index (χ3n) is 3.62. The molecule has 1 aromatic carbocycles. The van der Waals surface area contributed by atoms with Crippen LogP contribution >= 0.6 is 0 Å². The van der Waals surface area contributed by atoms with Crippen LogP contribution in [0, 0.1) is 0 Å². The number of carbonyl (C=O) groups is 1. The summed E-state index contributed by atoms with van der Waals surface area (Å²) in [7, 11) is 3.55. The molecular formula is C14H21N3O2. The van der Waals surface area contributed by atoms with Gasteiger partial charge in [0.25, 0.3) is 0 Å². The summed E-state index contributed by atoms with van der Waals surface area (Å²) in [5.74, 6) is 0.747. The quantitative estimate of drug-likeness (QED) is 0.871. The van der Waals surface area contributed by atoms with Crippen molar-refractivity contribution in [1.82, 2.24) is 4.90 Å². The van der Waals surface area contributed by atoms with Gasteiger partial charge < -0.3 is 15.4 Å². The van der Waals surface area contributed by atoms with Crippen LogP contribution in [-0.4, -0.2) is 50.1 Å². The van der Waals surface area contributed by atoms with Crippen LogP contribution in [0.3, 0.4) is 0 Å². The molecule has 5 heteroatoms. The minimum atomic E-state index is -0.263. The number of nitrogens with two attached hydrogens (primary N) is 1. The van der Waals surface area contributed by atoms with E-state index >= 15 is 0 Å². The molecule has 2 atom stereocenters. The molecular weight excluding hydrogens is 242 g/mol. The summed E-state index contributed by atoms with van der Waals surface area (Å²) in [4.78, 5) is 16.4. The van der Waals surface area contributed by atoms with Crippen molar-refractivity contribution in [3.05, 3.63) is 24.3 Å². The van der Waals surface area contributed by atoms with Crippen LogP contribution in [-0.2, 0) is 4.79 Å². The van der Waals surface area contributed by atoms with Gasteiger partial charge in [0.15, 0.2) is 0 Å². The molecule has 104 valence electrons. The van der Waals surface area contributed by atoms with Crippen LogP contribution < -0.4 is 15.4 Å². The number of carbonyl (C=O) groups excluding carboxylic acids is 1. The molecule has 1 aromatic rings. The number of anilines is 1. The summed E-state index contributed by atoms with van der Waals surface area (Å²) >= 11 is 0. The number of hydrogen-bond donors (Lipinski definition) is 1. The third-order valence-corrected chi connectivity index (χ3v) is 3.62. The molecule has 0 radical (unpaired) electrons. The molecule has 0 saturated carbocycles. The maximum Gasteiger partial charge on any atom is 0.246 e. The van der Waals surface area contributed by atoms with Crippen molar-refractivity contribution < 1.29 is 9.53 Å². The lowest BCUT2D eigenvalue weighted by Crippen LogP contribution is -2.62. The summed E-state index contributed by atoms with van der Waals surface area (Å²) in [6, 6.07) is 7.41. The Bertz CT molecular complexity index is 464. The zero-order valence-electron chi connectivity index (χ0n) is 11.7. The fraction of sp³-hybridized carbons (Fsp3) is 0.500. The van der Waals surface area contributed by atoms with Gasteiger partial charge in [0, 0.05) is 19.1 Å². The average molecular weight is 263 g/mol. The second-order valence-electron chi connectivity index (χ2n) is 4.92. The molecule has 1 aliphatic heterocycles. The summed E-state index contributed by atoms with van der Waals surface area (Å²) in [6.45, 7) is 3.16. The first-order valence-corrected chi connectivity index (χ1v) is 6.46. The molecule has 2 N–H and O–H groups in total. The number of nitrogens with zero attached hydrogens (tertiary/aromatic N) is 2. The molecule has 2 unspecified atom stereocenters.